The Hall–Kier alpha value is -2.05. The van der Waals surface area contributed by atoms with Crippen molar-refractivity contribution in [1.82, 2.24) is 5.32 Å². The lowest BCUT2D eigenvalue weighted by Gasteiger charge is -2.14. The van der Waals surface area contributed by atoms with E-state index in [1.165, 1.54) is 0 Å². The molecule has 1 saturated heterocycles. The van der Waals surface area contributed by atoms with E-state index >= 15 is 0 Å². The predicted molar refractivity (Wildman–Crippen MR) is 64.0 cm³/mol. The molecule has 7 heteroatoms. The Bertz CT molecular complexity index is 564. The van der Waals surface area contributed by atoms with E-state index in [0.29, 0.717) is 0 Å². The Morgan fingerprint density at radius 1 is 1.10 bits per heavy atom. The highest BCUT2D eigenvalue weighted by Gasteiger charge is 2.47. The first kappa shape index (κ1) is 13.0. The third kappa shape index (κ3) is 2.13. The summed E-state index contributed by atoms with van der Waals surface area (Å²) in [5, 5.41) is 2.57. The quantitative estimate of drug-likeness (QED) is 0.848. The highest BCUT2D eigenvalue weighted by molar-refractivity contribution is 6.21. The number of rotatable bonds is 2. The number of hydrogen-bond acceptors (Lipinski definition) is 2. The van der Waals surface area contributed by atoms with E-state index < -0.39 is 29.7 Å². The maximum atomic E-state index is 12.5. The third-order valence-corrected chi connectivity index (χ3v) is 3.51. The monoisotopic (exact) mass is 284 g/mol. The first-order chi connectivity index (χ1) is 9.38. The van der Waals surface area contributed by atoms with Crippen LogP contribution in [0.5, 0.6) is 0 Å². The van der Waals surface area contributed by atoms with E-state index in [2.05, 4.69) is 5.32 Å². The number of benzene rings is 1. The molecule has 1 N–H and O–H groups in total. The standard InChI is InChI=1S/C13H11F3N2O2/c14-13(15,16)8-3-5-9(6-4-8)18-11(19)10(7-1-2-7)17-12(18)20/h3-7,10H,1-2H2,(H,17,20). The molecule has 1 aromatic carbocycles. The number of imide groups is 1. The second-order valence-electron chi connectivity index (χ2n) is 4.98. The molecule has 1 unspecified atom stereocenters. The van der Waals surface area contributed by atoms with Gasteiger partial charge in [-0.05, 0) is 43.0 Å². The Kier molecular flexibility index (Phi) is 2.74. The number of halogens is 3. The van der Waals surface area contributed by atoms with Crippen LogP contribution in [0.3, 0.4) is 0 Å². The number of carbonyl (C=O) groups excluding carboxylic acids is 2. The van der Waals surface area contributed by atoms with Crippen LogP contribution in [0.1, 0.15) is 18.4 Å². The van der Waals surface area contributed by atoms with Gasteiger partial charge >= 0.3 is 12.2 Å². The first-order valence-corrected chi connectivity index (χ1v) is 6.19. The molecule has 1 atom stereocenters. The Balaban J connectivity index is 1.85. The molecule has 1 aliphatic carbocycles. The molecule has 1 aliphatic heterocycles. The summed E-state index contributed by atoms with van der Waals surface area (Å²) in [7, 11) is 0. The van der Waals surface area contributed by atoms with Gasteiger partial charge in [0.2, 0.25) is 0 Å². The van der Waals surface area contributed by atoms with Crippen molar-refractivity contribution >= 4 is 17.6 Å². The van der Waals surface area contributed by atoms with E-state index in [0.717, 1.165) is 42.0 Å². The third-order valence-electron chi connectivity index (χ3n) is 3.51. The average Bonchev–Trinajstić information content (AvgIpc) is 3.16. The molecular weight excluding hydrogens is 273 g/mol. The number of urea groups is 1. The lowest BCUT2D eigenvalue weighted by atomic mass is 10.1. The highest BCUT2D eigenvalue weighted by Crippen LogP contribution is 2.37. The Morgan fingerprint density at radius 3 is 2.20 bits per heavy atom. The molecule has 4 nitrogen and oxygen atoms in total. The van der Waals surface area contributed by atoms with Gasteiger partial charge in [-0.25, -0.2) is 9.69 Å². The lowest BCUT2D eigenvalue weighted by Crippen LogP contribution is -2.32. The van der Waals surface area contributed by atoms with E-state index in [1.807, 2.05) is 0 Å². The van der Waals surface area contributed by atoms with Crippen molar-refractivity contribution in [2.45, 2.75) is 25.1 Å². The maximum absolute atomic E-state index is 12.5. The molecule has 0 aromatic heterocycles. The first-order valence-electron chi connectivity index (χ1n) is 6.19. The van der Waals surface area contributed by atoms with Crippen LogP contribution in [0.15, 0.2) is 24.3 Å². The summed E-state index contributed by atoms with van der Waals surface area (Å²) in [5.41, 5.74) is -0.657. The van der Waals surface area contributed by atoms with Gasteiger partial charge in [0.25, 0.3) is 5.91 Å². The molecule has 1 aromatic rings. The van der Waals surface area contributed by atoms with Gasteiger partial charge in [0, 0.05) is 0 Å². The van der Waals surface area contributed by atoms with Gasteiger partial charge in [-0.3, -0.25) is 4.79 Å². The maximum Gasteiger partial charge on any atom is 0.416 e. The fourth-order valence-electron chi connectivity index (χ4n) is 2.29. The second-order valence-corrected chi connectivity index (χ2v) is 4.98. The molecule has 0 bridgehead atoms. The van der Waals surface area contributed by atoms with Crippen molar-refractivity contribution in [1.29, 1.82) is 0 Å². The summed E-state index contributed by atoms with van der Waals surface area (Å²) < 4.78 is 37.4. The van der Waals surface area contributed by atoms with E-state index in [4.69, 9.17) is 0 Å². The topological polar surface area (TPSA) is 49.4 Å². The highest BCUT2D eigenvalue weighted by atomic mass is 19.4. The fraction of sp³-hybridized carbons (Fsp3) is 0.385. The van der Waals surface area contributed by atoms with Crippen LogP contribution in [0.4, 0.5) is 23.7 Å². The van der Waals surface area contributed by atoms with Gasteiger partial charge in [-0.2, -0.15) is 13.2 Å². The smallest absolute Gasteiger partial charge is 0.325 e. The van der Waals surface area contributed by atoms with Crippen LogP contribution in [0.2, 0.25) is 0 Å². The van der Waals surface area contributed by atoms with Crippen LogP contribution in [-0.2, 0) is 11.0 Å². The van der Waals surface area contributed by atoms with Crippen molar-refractivity contribution < 1.29 is 22.8 Å². The summed E-state index contributed by atoms with van der Waals surface area (Å²) in [5.74, 6) is -0.233. The van der Waals surface area contributed by atoms with Crippen LogP contribution in [-0.4, -0.2) is 18.0 Å². The van der Waals surface area contributed by atoms with Crippen LogP contribution in [0.25, 0.3) is 0 Å². The minimum absolute atomic E-state index is 0.156. The molecule has 3 rings (SSSR count). The van der Waals surface area contributed by atoms with Crippen molar-refractivity contribution in [3.8, 4) is 0 Å². The van der Waals surface area contributed by atoms with E-state index in [9.17, 15) is 22.8 Å². The Morgan fingerprint density at radius 2 is 1.70 bits per heavy atom. The van der Waals surface area contributed by atoms with Crippen molar-refractivity contribution in [2.75, 3.05) is 4.90 Å². The molecule has 1 saturated carbocycles. The zero-order chi connectivity index (χ0) is 14.5. The largest absolute Gasteiger partial charge is 0.416 e. The molecular formula is C13H11F3N2O2. The molecule has 0 radical (unpaired) electrons. The summed E-state index contributed by atoms with van der Waals surface area (Å²) in [4.78, 5) is 24.8. The van der Waals surface area contributed by atoms with Gasteiger partial charge in [0.1, 0.15) is 6.04 Å². The molecule has 20 heavy (non-hydrogen) atoms. The van der Waals surface area contributed by atoms with Crippen molar-refractivity contribution in [2.24, 2.45) is 5.92 Å². The van der Waals surface area contributed by atoms with Gasteiger partial charge in [-0.15, -0.1) is 0 Å². The van der Waals surface area contributed by atoms with Crippen molar-refractivity contribution in [3.63, 3.8) is 0 Å². The zero-order valence-electron chi connectivity index (χ0n) is 10.3. The summed E-state index contributed by atoms with van der Waals surface area (Å²) in [6.07, 6.45) is -2.67. The number of alkyl halides is 3. The molecule has 0 spiro atoms. The number of carbonyl (C=O) groups is 2. The average molecular weight is 284 g/mol. The number of hydrogen-bond donors (Lipinski definition) is 1. The molecule has 106 valence electrons. The van der Waals surface area contributed by atoms with Crippen LogP contribution >= 0.6 is 0 Å². The second kappa shape index (κ2) is 4.22. The van der Waals surface area contributed by atoms with Gasteiger partial charge in [-0.1, -0.05) is 0 Å². The van der Waals surface area contributed by atoms with Crippen LogP contribution < -0.4 is 10.2 Å². The van der Waals surface area contributed by atoms with Gasteiger partial charge in [0.15, 0.2) is 0 Å². The number of amides is 3. The predicted octanol–water partition coefficient (Wildman–Crippen LogP) is 2.54. The fourth-order valence-corrected chi connectivity index (χ4v) is 2.29. The van der Waals surface area contributed by atoms with Crippen molar-refractivity contribution in [3.05, 3.63) is 29.8 Å². The summed E-state index contributed by atoms with van der Waals surface area (Å²) in [6.45, 7) is 0. The summed E-state index contributed by atoms with van der Waals surface area (Å²) in [6, 6.07) is 2.88. The van der Waals surface area contributed by atoms with Gasteiger partial charge in [0.05, 0.1) is 11.3 Å². The molecule has 1 heterocycles. The zero-order valence-corrected chi connectivity index (χ0v) is 10.3. The van der Waals surface area contributed by atoms with Crippen LogP contribution in [0, 0.1) is 5.92 Å². The minimum atomic E-state index is -4.44. The Labute approximate surface area is 112 Å². The van der Waals surface area contributed by atoms with E-state index in [1.54, 1.807) is 0 Å². The lowest BCUT2D eigenvalue weighted by molar-refractivity contribution is -0.137. The number of anilines is 1. The molecule has 2 aliphatic rings. The minimum Gasteiger partial charge on any atom is -0.325 e. The number of nitrogens with zero attached hydrogens (tertiary/aromatic N) is 1. The summed E-state index contributed by atoms with van der Waals surface area (Å²) >= 11 is 0. The SMILES string of the molecule is O=C1NC(C2CC2)C(=O)N1c1ccc(C(F)(F)F)cc1. The normalized spacial score (nSPS) is 23.1. The molecule has 3 amide bonds. The van der Waals surface area contributed by atoms with Gasteiger partial charge < -0.3 is 5.32 Å². The van der Waals surface area contributed by atoms with E-state index in [-0.39, 0.29) is 11.6 Å². The number of nitrogens with one attached hydrogen (secondary N) is 1. The molecule has 2 fully saturated rings.